The Morgan fingerprint density at radius 1 is 1.29 bits per heavy atom. The van der Waals surface area contributed by atoms with Crippen molar-refractivity contribution in [1.29, 1.82) is 0 Å². The van der Waals surface area contributed by atoms with Crippen LogP contribution in [-0.4, -0.2) is 19.1 Å². The lowest BCUT2D eigenvalue weighted by Crippen LogP contribution is -2.10. The molecule has 0 unspecified atom stereocenters. The summed E-state index contributed by atoms with van der Waals surface area (Å²) in [7, 11) is 0. The van der Waals surface area contributed by atoms with Crippen molar-refractivity contribution in [1.82, 2.24) is 0 Å². The Morgan fingerprint density at radius 2 is 2.00 bits per heavy atom. The van der Waals surface area contributed by atoms with Gasteiger partial charge in [0.2, 0.25) is 0 Å². The molecule has 94 valence electrons. The van der Waals surface area contributed by atoms with Gasteiger partial charge < -0.3 is 4.74 Å². The molecule has 0 aliphatic rings. The van der Waals surface area contributed by atoms with Crippen molar-refractivity contribution < 1.29 is 27.1 Å². The number of halogens is 4. The second kappa shape index (κ2) is 5.65. The Balaban J connectivity index is 2.54. The maximum atomic E-state index is 13.2. The molecule has 1 aromatic carbocycles. The van der Waals surface area contributed by atoms with Crippen molar-refractivity contribution in [3.63, 3.8) is 0 Å². The van der Waals surface area contributed by atoms with Gasteiger partial charge in [0.15, 0.2) is 17.9 Å². The maximum Gasteiger partial charge on any atom is 0.389 e. The minimum absolute atomic E-state index is 0.0167. The van der Waals surface area contributed by atoms with Gasteiger partial charge in [0, 0.05) is 6.42 Å². The summed E-state index contributed by atoms with van der Waals surface area (Å²) in [6.45, 7) is -0.290. The number of rotatable bonds is 5. The fourth-order valence-corrected chi connectivity index (χ4v) is 1.22. The fraction of sp³-hybridized carbons (Fsp3) is 0.364. The van der Waals surface area contributed by atoms with Crippen LogP contribution in [0, 0.1) is 5.82 Å². The summed E-state index contributed by atoms with van der Waals surface area (Å²) in [5, 5.41) is 0. The Morgan fingerprint density at radius 3 is 2.59 bits per heavy atom. The molecular weight excluding hydrogens is 240 g/mol. The van der Waals surface area contributed by atoms with Crippen LogP contribution in [0.1, 0.15) is 23.2 Å². The van der Waals surface area contributed by atoms with Gasteiger partial charge in [0.25, 0.3) is 0 Å². The topological polar surface area (TPSA) is 26.3 Å². The molecule has 0 spiro atoms. The molecule has 0 bridgehead atoms. The van der Waals surface area contributed by atoms with E-state index in [0.717, 1.165) is 6.07 Å². The lowest BCUT2D eigenvalue weighted by molar-refractivity contribution is -0.136. The molecule has 0 saturated carbocycles. The van der Waals surface area contributed by atoms with Crippen LogP contribution < -0.4 is 4.74 Å². The number of carbonyl (C=O) groups excluding carboxylic acids is 1. The van der Waals surface area contributed by atoms with Crippen LogP contribution in [0.4, 0.5) is 17.6 Å². The highest BCUT2D eigenvalue weighted by atomic mass is 19.4. The summed E-state index contributed by atoms with van der Waals surface area (Å²) in [6.07, 6.45) is -5.15. The minimum Gasteiger partial charge on any atom is -0.490 e. The Hall–Kier alpha value is -1.59. The van der Waals surface area contributed by atoms with Gasteiger partial charge in [-0.15, -0.1) is 0 Å². The monoisotopic (exact) mass is 250 g/mol. The smallest absolute Gasteiger partial charge is 0.389 e. The minimum atomic E-state index is -4.26. The van der Waals surface area contributed by atoms with Crippen LogP contribution in [-0.2, 0) is 0 Å². The summed E-state index contributed by atoms with van der Waals surface area (Å²) in [5.41, 5.74) is -0.0167. The highest BCUT2D eigenvalue weighted by Crippen LogP contribution is 2.24. The third kappa shape index (κ3) is 4.42. The van der Waals surface area contributed by atoms with Gasteiger partial charge in [-0.2, -0.15) is 13.2 Å². The average molecular weight is 250 g/mol. The summed E-state index contributed by atoms with van der Waals surface area (Å²) in [6, 6.07) is 3.73. The highest BCUT2D eigenvalue weighted by molar-refractivity contribution is 5.79. The Bertz CT molecular complexity index is 388. The zero-order valence-corrected chi connectivity index (χ0v) is 8.76. The van der Waals surface area contributed by atoms with Gasteiger partial charge in [-0.25, -0.2) is 4.39 Å². The van der Waals surface area contributed by atoms with E-state index in [2.05, 4.69) is 0 Å². The standard InChI is InChI=1S/C11H10F4O2/c12-9-4-1-3-8(7-16)10(9)17-6-2-5-11(13,14)15/h1,3-4,7H,2,5-6H2. The summed E-state index contributed by atoms with van der Waals surface area (Å²) in [4.78, 5) is 10.5. The van der Waals surface area contributed by atoms with E-state index >= 15 is 0 Å². The van der Waals surface area contributed by atoms with Gasteiger partial charge >= 0.3 is 6.18 Å². The van der Waals surface area contributed by atoms with E-state index in [1.54, 1.807) is 0 Å². The number of hydrogen-bond acceptors (Lipinski definition) is 2. The highest BCUT2D eigenvalue weighted by Gasteiger charge is 2.26. The van der Waals surface area contributed by atoms with Gasteiger partial charge in [-0.3, -0.25) is 4.79 Å². The van der Waals surface area contributed by atoms with Crippen LogP contribution in [0.15, 0.2) is 18.2 Å². The van der Waals surface area contributed by atoms with E-state index in [9.17, 15) is 22.4 Å². The molecule has 1 aromatic rings. The second-order valence-electron chi connectivity index (χ2n) is 3.34. The van der Waals surface area contributed by atoms with Gasteiger partial charge in [0.1, 0.15) is 0 Å². The molecule has 0 heterocycles. The van der Waals surface area contributed by atoms with Crippen molar-refractivity contribution in [3.05, 3.63) is 29.6 Å². The van der Waals surface area contributed by atoms with E-state index in [1.165, 1.54) is 12.1 Å². The van der Waals surface area contributed by atoms with Crippen LogP contribution in [0.3, 0.4) is 0 Å². The number of hydrogen-bond donors (Lipinski definition) is 0. The molecule has 0 aromatic heterocycles. The van der Waals surface area contributed by atoms with Crippen LogP contribution >= 0.6 is 0 Å². The molecular formula is C11H10F4O2. The molecule has 0 N–H and O–H groups in total. The predicted octanol–water partition coefficient (Wildman–Crippen LogP) is 3.36. The molecule has 0 aliphatic carbocycles. The number of ether oxygens (including phenoxy) is 1. The zero-order valence-electron chi connectivity index (χ0n) is 8.76. The first-order chi connectivity index (χ1) is 7.94. The number of aldehydes is 1. The number of alkyl halides is 3. The molecule has 0 fully saturated rings. The molecule has 2 nitrogen and oxygen atoms in total. The number of carbonyl (C=O) groups is 1. The van der Waals surface area contributed by atoms with Crippen molar-refractivity contribution in [2.24, 2.45) is 0 Å². The third-order valence-corrected chi connectivity index (χ3v) is 1.98. The first kappa shape index (κ1) is 13.5. The van der Waals surface area contributed by atoms with Crippen molar-refractivity contribution >= 4 is 6.29 Å². The van der Waals surface area contributed by atoms with E-state index < -0.39 is 18.4 Å². The molecule has 0 atom stereocenters. The Kier molecular flexibility index (Phi) is 4.48. The maximum absolute atomic E-state index is 13.2. The molecule has 17 heavy (non-hydrogen) atoms. The van der Waals surface area contributed by atoms with E-state index in [1.807, 2.05) is 0 Å². The SMILES string of the molecule is O=Cc1cccc(F)c1OCCCC(F)(F)F. The lowest BCUT2D eigenvalue weighted by Gasteiger charge is -2.10. The van der Waals surface area contributed by atoms with E-state index in [0.29, 0.717) is 6.29 Å². The number of para-hydroxylation sites is 1. The average Bonchev–Trinajstić information content (AvgIpc) is 2.24. The van der Waals surface area contributed by atoms with Crippen molar-refractivity contribution in [2.75, 3.05) is 6.61 Å². The third-order valence-electron chi connectivity index (χ3n) is 1.98. The quantitative estimate of drug-likeness (QED) is 0.455. The van der Waals surface area contributed by atoms with Crippen LogP contribution in [0.5, 0.6) is 5.75 Å². The van der Waals surface area contributed by atoms with Crippen molar-refractivity contribution in [2.45, 2.75) is 19.0 Å². The number of benzene rings is 1. The molecule has 0 radical (unpaired) electrons. The lowest BCUT2D eigenvalue weighted by atomic mass is 10.2. The second-order valence-corrected chi connectivity index (χ2v) is 3.34. The van der Waals surface area contributed by atoms with Crippen molar-refractivity contribution in [3.8, 4) is 5.75 Å². The van der Waals surface area contributed by atoms with Gasteiger partial charge in [0.05, 0.1) is 12.2 Å². The van der Waals surface area contributed by atoms with Crippen LogP contribution in [0.2, 0.25) is 0 Å². The molecule has 0 aliphatic heterocycles. The first-order valence-corrected chi connectivity index (χ1v) is 4.87. The largest absolute Gasteiger partial charge is 0.490 e. The first-order valence-electron chi connectivity index (χ1n) is 4.87. The summed E-state index contributed by atoms with van der Waals surface area (Å²) in [5.74, 6) is -1.06. The van der Waals surface area contributed by atoms with E-state index in [-0.39, 0.29) is 24.3 Å². The fourth-order valence-electron chi connectivity index (χ4n) is 1.22. The summed E-state index contributed by atoms with van der Waals surface area (Å²) >= 11 is 0. The molecule has 1 rings (SSSR count). The zero-order chi connectivity index (χ0) is 12.9. The van der Waals surface area contributed by atoms with Gasteiger partial charge in [-0.05, 0) is 18.6 Å². The normalized spacial score (nSPS) is 11.3. The Labute approximate surface area is 95.2 Å². The predicted molar refractivity (Wildman–Crippen MR) is 52.6 cm³/mol. The van der Waals surface area contributed by atoms with Gasteiger partial charge in [-0.1, -0.05) is 6.07 Å². The molecule has 6 heteroatoms. The molecule has 0 amide bonds. The molecule has 0 saturated heterocycles. The van der Waals surface area contributed by atoms with Crippen LogP contribution in [0.25, 0.3) is 0 Å². The van der Waals surface area contributed by atoms with E-state index in [4.69, 9.17) is 4.74 Å². The summed E-state index contributed by atoms with van der Waals surface area (Å²) < 4.78 is 53.5.